The molecule has 2 aliphatic heterocycles. The van der Waals surface area contributed by atoms with Gasteiger partial charge in [-0.25, -0.2) is 0 Å². The Morgan fingerprint density at radius 1 is 1.32 bits per heavy atom. The van der Waals surface area contributed by atoms with E-state index in [0.717, 1.165) is 13.1 Å². The number of carbonyl (C=O) groups is 1. The first-order valence-electron chi connectivity index (χ1n) is 7.76. The first-order chi connectivity index (χ1) is 10.1. The van der Waals surface area contributed by atoms with E-state index in [9.17, 15) is 4.79 Å². The Hall–Kier alpha value is -1.10. The van der Waals surface area contributed by atoms with Crippen LogP contribution in [0, 0.1) is 19.8 Å². The molecule has 3 rings (SSSR count). The second kappa shape index (κ2) is 6.99. The van der Waals surface area contributed by atoms with Gasteiger partial charge in [0.1, 0.15) is 6.10 Å². The molecule has 0 bridgehead atoms. The van der Waals surface area contributed by atoms with Crippen molar-refractivity contribution in [1.29, 1.82) is 0 Å². The molecule has 22 heavy (non-hydrogen) atoms. The van der Waals surface area contributed by atoms with Crippen molar-refractivity contribution < 1.29 is 9.53 Å². The molecule has 1 amide bonds. The molecule has 0 spiro atoms. The number of nitrogens with one attached hydrogen (secondary N) is 1. The van der Waals surface area contributed by atoms with E-state index in [0.29, 0.717) is 13.2 Å². The van der Waals surface area contributed by atoms with Gasteiger partial charge in [0.05, 0.1) is 25.1 Å². The van der Waals surface area contributed by atoms with Crippen LogP contribution in [-0.2, 0) is 9.53 Å². The van der Waals surface area contributed by atoms with Crippen LogP contribution in [0.4, 0.5) is 0 Å². The van der Waals surface area contributed by atoms with Crippen LogP contribution in [0.5, 0.6) is 0 Å². The summed E-state index contributed by atoms with van der Waals surface area (Å²) in [5, 5.41) is 3.18. The topological polar surface area (TPSA) is 41.6 Å². The number of nitrogens with zero attached hydrogens (tertiary/aromatic N) is 1. The standard InChI is InChI=1S/C17H24N2O2.ClH/c1-11-4-5-12(2)15(6-11)16-9-19(13(3)10-21-16)17(20)14-7-18-8-14;/h4-6,13-14,16,18H,7-10H2,1-3H3;1H. The summed E-state index contributed by atoms with van der Waals surface area (Å²) in [6, 6.07) is 6.60. The lowest BCUT2D eigenvalue weighted by molar-refractivity contribution is -0.150. The summed E-state index contributed by atoms with van der Waals surface area (Å²) >= 11 is 0. The summed E-state index contributed by atoms with van der Waals surface area (Å²) in [6.07, 6.45) is -0.00177. The lowest BCUT2D eigenvalue weighted by Crippen LogP contribution is -2.57. The molecule has 0 aromatic heterocycles. The summed E-state index contributed by atoms with van der Waals surface area (Å²) < 4.78 is 6.01. The van der Waals surface area contributed by atoms with E-state index in [1.807, 2.05) is 4.90 Å². The third-order valence-corrected chi connectivity index (χ3v) is 4.63. The molecule has 0 saturated carbocycles. The number of aryl methyl sites for hydroxylation is 2. The maximum Gasteiger partial charge on any atom is 0.228 e. The molecule has 1 N–H and O–H groups in total. The second-order valence-electron chi connectivity index (χ2n) is 6.38. The lowest BCUT2D eigenvalue weighted by atomic mass is 9.96. The molecule has 2 unspecified atom stereocenters. The van der Waals surface area contributed by atoms with E-state index < -0.39 is 0 Å². The number of hydrogen-bond donors (Lipinski definition) is 1. The molecule has 2 fully saturated rings. The molecular formula is C17H25ClN2O2. The maximum atomic E-state index is 12.5. The van der Waals surface area contributed by atoms with Gasteiger partial charge in [-0.15, -0.1) is 12.4 Å². The minimum absolute atomic E-state index is 0. The molecule has 4 nitrogen and oxygen atoms in total. The van der Waals surface area contributed by atoms with E-state index in [1.165, 1.54) is 16.7 Å². The third kappa shape index (κ3) is 3.29. The van der Waals surface area contributed by atoms with Gasteiger partial charge >= 0.3 is 0 Å². The van der Waals surface area contributed by atoms with Crippen LogP contribution in [0.25, 0.3) is 0 Å². The first-order valence-corrected chi connectivity index (χ1v) is 7.76. The average Bonchev–Trinajstić information content (AvgIpc) is 2.40. The smallest absolute Gasteiger partial charge is 0.228 e. The molecular weight excluding hydrogens is 300 g/mol. The highest BCUT2D eigenvalue weighted by molar-refractivity contribution is 5.85. The molecule has 2 atom stereocenters. The van der Waals surface area contributed by atoms with Gasteiger partial charge in [0.15, 0.2) is 0 Å². The zero-order valence-electron chi connectivity index (χ0n) is 13.5. The number of carbonyl (C=O) groups excluding carboxylic acids is 1. The molecule has 0 radical (unpaired) electrons. The molecule has 122 valence electrons. The highest BCUT2D eigenvalue weighted by Gasteiger charge is 2.36. The number of benzene rings is 1. The van der Waals surface area contributed by atoms with Gasteiger partial charge in [0.2, 0.25) is 5.91 Å². The van der Waals surface area contributed by atoms with E-state index in [4.69, 9.17) is 4.74 Å². The Morgan fingerprint density at radius 2 is 2.05 bits per heavy atom. The van der Waals surface area contributed by atoms with Gasteiger partial charge in [-0.2, -0.15) is 0 Å². The number of rotatable bonds is 2. The Morgan fingerprint density at radius 3 is 2.68 bits per heavy atom. The van der Waals surface area contributed by atoms with Gasteiger partial charge < -0.3 is 15.0 Å². The Bertz CT molecular complexity index is 545. The average molecular weight is 325 g/mol. The maximum absolute atomic E-state index is 12.5. The lowest BCUT2D eigenvalue weighted by Gasteiger charge is -2.42. The van der Waals surface area contributed by atoms with E-state index in [2.05, 4.69) is 44.3 Å². The van der Waals surface area contributed by atoms with Crippen molar-refractivity contribution >= 4 is 18.3 Å². The zero-order chi connectivity index (χ0) is 15.0. The van der Waals surface area contributed by atoms with Crippen LogP contribution in [0.15, 0.2) is 18.2 Å². The monoisotopic (exact) mass is 324 g/mol. The molecule has 1 aromatic rings. The quantitative estimate of drug-likeness (QED) is 0.907. The van der Waals surface area contributed by atoms with Crippen molar-refractivity contribution in [3.8, 4) is 0 Å². The summed E-state index contributed by atoms with van der Waals surface area (Å²) in [5.41, 5.74) is 3.68. The summed E-state index contributed by atoms with van der Waals surface area (Å²) in [4.78, 5) is 14.6. The molecule has 2 saturated heterocycles. The predicted molar refractivity (Wildman–Crippen MR) is 89.4 cm³/mol. The van der Waals surface area contributed by atoms with Gasteiger partial charge in [-0.05, 0) is 31.9 Å². The summed E-state index contributed by atoms with van der Waals surface area (Å²) in [7, 11) is 0. The van der Waals surface area contributed by atoms with Crippen molar-refractivity contribution in [1.82, 2.24) is 10.2 Å². The molecule has 2 heterocycles. The molecule has 1 aromatic carbocycles. The molecule has 0 aliphatic carbocycles. The largest absolute Gasteiger partial charge is 0.370 e. The van der Waals surface area contributed by atoms with E-state index in [1.54, 1.807) is 0 Å². The Labute approximate surface area is 138 Å². The fourth-order valence-electron chi connectivity index (χ4n) is 3.06. The van der Waals surface area contributed by atoms with Crippen LogP contribution in [0.3, 0.4) is 0 Å². The van der Waals surface area contributed by atoms with E-state index in [-0.39, 0.29) is 36.4 Å². The second-order valence-corrected chi connectivity index (χ2v) is 6.38. The van der Waals surface area contributed by atoms with Crippen molar-refractivity contribution in [2.24, 2.45) is 5.92 Å². The van der Waals surface area contributed by atoms with Crippen LogP contribution >= 0.6 is 12.4 Å². The summed E-state index contributed by atoms with van der Waals surface area (Å²) in [5.74, 6) is 0.435. The molecule has 2 aliphatic rings. The number of ether oxygens (including phenoxy) is 1. The van der Waals surface area contributed by atoms with Crippen LogP contribution in [0.2, 0.25) is 0 Å². The SMILES string of the molecule is Cc1ccc(C)c(C2CN(C(=O)C3CNC3)C(C)CO2)c1.Cl. The summed E-state index contributed by atoms with van der Waals surface area (Å²) in [6.45, 7) is 9.19. The minimum atomic E-state index is -0.00177. The van der Waals surface area contributed by atoms with Gasteiger partial charge in [0.25, 0.3) is 0 Å². The van der Waals surface area contributed by atoms with Crippen LogP contribution < -0.4 is 5.32 Å². The van der Waals surface area contributed by atoms with Gasteiger partial charge in [0, 0.05) is 13.1 Å². The Kier molecular flexibility index (Phi) is 5.48. The number of morpholine rings is 1. The van der Waals surface area contributed by atoms with Crippen molar-refractivity contribution in [2.45, 2.75) is 32.9 Å². The highest BCUT2D eigenvalue weighted by atomic mass is 35.5. The van der Waals surface area contributed by atoms with Crippen molar-refractivity contribution in [2.75, 3.05) is 26.2 Å². The van der Waals surface area contributed by atoms with Crippen molar-refractivity contribution in [3.63, 3.8) is 0 Å². The molecule has 5 heteroatoms. The number of hydrogen-bond acceptors (Lipinski definition) is 3. The first kappa shape index (κ1) is 17.3. The fourth-order valence-corrected chi connectivity index (χ4v) is 3.06. The zero-order valence-corrected chi connectivity index (χ0v) is 14.3. The van der Waals surface area contributed by atoms with Gasteiger partial charge in [-0.1, -0.05) is 23.8 Å². The predicted octanol–water partition coefficient (Wildman–Crippen LogP) is 2.23. The minimum Gasteiger partial charge on any atom is -0.370 e. The van der Waals surface area contributed by atoms with Gasteiger partial charge in [-0.3, -0.25) is 4.79 Å². The van der Waals surface area contributed by atoms with Crippen LogP contribution in [-0.4, -0.2) is 43.1 Å². The van der Waals surface area contributed by atoms with Crippen LogP contribution in [0.1, 0.15) is 29.7 Å². The fraction of sp³-hybridized carbons (Fsp3) is 0.588. The van der Waals surface area contributed by atoms with Crippen molar-refractivity contribution in [3.05, 3.63) is 34.9 Å². The Balaban J connectivity index is 0.00000176. The number of amides is 1. The number of halogens is 1. The third-order valence-electron chi connectivity index (χ3n) is 4.63. The van der Waals surface area contributed by atoms with E-state index >= 15 is 0 Å². The highest BCUT2D eigenvalue weighted by Crippen LogP contribution is 2.29. The normalized spacial score (nSPS) is 25.3.